The van der Waals surface area contributed by atoms with Gasteiger partial charge in [-0.3, -0.25) is 14.5 Å². The van der Waals surface area contributed by atoms with Crippen LogP contribution in [-0.4, -0.2) is 49.4 Å². The van der Waals surface area contributed by atoms with Gasteiger partial charge in [-0.15, -0.1) is 0 Å². The van der Waals surface area contributed by atoms with Crippen molar-refractivity contribution >= 4 is 23.5 Å². The maximum absolute atomic E-state index is 12.0. The monoisotopic (exact) mass is 316 g/mol. The number of imide groups is 1. The summed E-state index contributed by atoms with van der Waals surface area (Å²) in [6.07, 6.45) is 1.43. The molecule has 4 amide bonds. The van der Waals surface area contributed by atoms with Gasteiger partial charge in [-0.2, -0.15) is 5.10 Å². The molecule has 1 fully saturated rings. The maximum atomic E-state index is 12.0. The van der Waals surface area contributed by atoms with Gasteiger partial charge >= 0.3 is 6.03 Å². The minimum atomic E-state index is -0.982. The van der Waals surface area contributed by atoms with Crippen LogP contribution in [0.4, 0.5) is 4.79 Å². The molecule has 0 bridgehead atoms. The van der Waals surface area contributed by atoms with Crippen molar-refractivity contribution in [3.8, 4) is 0 Å². The third-order valence-corrected chi connectivity index (χ3v) is 3.59. The molecule has 9 nitrogen and oxygen atoms in total. The molecule has 3 rings (SSSR count). The van der Waals surface area contributed by atoms with E-state index in [4.69, 9.17) is 0 Å². The number of carbonyl (C=O) groups excluding carboxylic acids is 3. The first kappa shape index (κ1) is 14.9. The molecule has 2 aromatic heterocycles. The summed E-state index contributed by atoms with van der Waals surface area (Å²) in [5.41, 5.74) is 0.433. The van der Waals surface area contributed by atoms with Crippen molar-refractivity contribution in [1.82, 2.24) is 30.1 Å². The maximum Gasteiger partial charge on any atom is 0.325 e. The Balaban J connectivity index is 1.63. The van der Waals surface area contributed by atoms with E-state index in [1.165, 1.54) is 6.33 Å². The van der Waals surface area contributed by atoms with Crippen LogP contribution in [0.25, 0.3) is 5.65 Å². The first-order chi connectivity index (χ1) is 10.9. The lowest BCUT2D eigenvalue weighted by atomic mass is 10.1. The zero-order valence-corrected chi connectivity index (χ0v) is 12.7. The van der Waals surface area contributed by atoms with Gasteiger partial charge in [0.1, 0.15) is 18.4 Å². The Morgan fingerprint density at radius 3 is 2.83 bits per heavy atom. The van der Waals surface area contributed by atoms with Gasteiger partial charge in [0.2, 0.25) is 5.91 Å². The van der Waals surface area contributed by atoms with Crippen LogP contribution in [0.15, 0.2) is 24.5 Å². The van der Waals surface area contributed by atoms with Crippen LogP contribution in [0.1, 0.15) is 19.5 Å². The number of pyridine rings is 1. The highest BCUT2D eigenvalue weighted by molar-refractivity contribution is 6.08. The summed E-state index contributed by atoms with van der Waals surface area (Å²) in [4.78, 5) is 40.8. The van der Waals surface area contributed by atoms with E-state index < -0.39 is 23.4 Å². The van der Waals surface area contributed by atoms with Crippen LogP contribution >= 0.6 is 0 Å². The molecule has 0 radical (unpaired) electrons. The summed E-state index contributed by atoms with van der Waals surface area (Å²) in [6, 6.07) is 4.85. The molecular weight excluding hydrogens is 300 g/mol. The molecule has 1 aliphatic heterocycles. The number of hydrogen-bond donors (Lipinski definition) is 2. The third kappa shape index (κ3) is 2.72. The van der Waals surface area contributed by atoms with Crippen LogP contribution in [0.3, 0.4) is 0 Å². The molecule has 0 spiro atoms. The quantitative estimate of drug-likeness (QED) is 0.751. The van der Waals surface area contributed by atoms with E-state index in [-0.39, 0.29) is 13.1 Å². The molecule has 120 valence electrons. The molecule has 0 aromatic carbocycles. The Morgan fingerprint density at radius 2 is 2.13 bits per heavy atom. The molecule has 2 aromatic rings. The number of urea groups is 1. The summed E-state index contributed by atoms with van der Waals surface area (Å²) < 4.78 is 1.61. The van der Waals surface area contributed by atoms with Crippen molar-refractivity contribution in [2.24, 2.45) is 0 Å². The lowest BCUT2D eigenvalue weighted by Crippen LogP contribution is -2.43. The van der Waals surface area contributed by atoms with Crippen LogP contribution in [-0.2, 0) is 16.1 Å². The smallest absolute Gasteiger partial charge is 0.325 e. The number of nitrogens with zero attached hydrogens (tertiary/aromatic N) is 4. The Bertz CT molecular complexity index is 797. The molecule has 1 saturated heterocycles. The summed E-state index contributed by atoms with van der Waals surface area (Å²) in [6.45, 7) is 3.08. The number of carbonyl (C=O) groups is 3. The van der Waals surface area contributed by atoms with Gasteiger partial charge in [-0.25, -0.2) is 14.3 Å². The first-order valence-electron chi connectivity index (χ1n) is 7.07. The van der Waals surface area contributed by atoms with Gasteiger partial charge in [0.05, 0.1) is 12.2 Å². The van der Waals surface area contributed by atoms with Gasteiger partial charge in [-0.1, -0.05) is 6.07 Å². The number of amides is 4. The predicted molar refractivity (Wildman–Crippen MR) is 79.2 cm³/mol. The first-order valence-corrected chi connectivity index (χ1v) is 7.07. The van der Waals surface area contributed by atoms with E-state index in [0.717, 1.165) is 10.6 Å². The molecule has 0 saturated carbocycles. The number of rotatable bonds is 4. The predicted octanol–water partition coefficient (Wildman–Crippen LogP) is -0.324. The van der Waals surface area contributed by atoms with E-state index in [0.29, 0.717) is 5.65 Å². The van der Waals surface area contributed by atoms with E-state index in [1.54, 1.807) is 30.5 Å². The molecule has 3 heterocycles. The Morgan fingerprint density at radius 1 is 1.35 bits per heavy atom. The molecule has 1 aliphatic rings. The molecule has 0 atom stereocenters. The lowest BCUT2D eigenvalue weighted by Gasteiger charge is -2.15. The van der Waals surface area contributed by atoms with Gasteiger partial charge in [0.15, 0.2) is 5.65 Å². The minimum absolute atomic E-state index is 0.215. The molecule has 23 heavy (non-hydrogen) atoms. The van der Waals surface area contributed by atoms with Crippen molar-refractivity contribution in [2.45, 2.75) is 25.9 Å². The van der Waals surface area contributed by atoms with E-state index in [9.17, 15) is 14.4 Å². The Hall–Kier alpha value is -2.97. The molecule has 2 N–H and O–H groups in total. The van der Waals surface area contributed by atoms with Gasteiger partial charge in [0.25, 0.3) is 5.91 Å². The summed E-state index contributed by atoms with van der Waals surface area (Å²) >= 11 is 0. The van der Waals surface area contributed by atoms with Gasteiger partial charge < -0.3 is 10.6 Å². The Labute approximate surface area is 131 Å². The standard InChI is InChI=1S/C14H16N6O3/c1-14(2)12(22)19(13(23)18-14)7-11(21)15-6-9-4-3-5-10-16-8-17-20(9)10/h3-5,8H,6-7H2,1-2H3,(H,15,21)(H,18,23). The molecule has 9 heteroatoms. The average molecular weight is 316 g/mol. The highest BCUT2D eigenvalue weighted by Gasteiger charge is 2.44. The van der Waals surface area contributed by atoms with E-state index in [2.05, 4.69) is 20.7 Å². The average Bonchev–Trinajstić information content (AvgIpc) is 3.04. The molecule has 0 unspecified atom stereocenters. The van der Waals surface area contributed by atoms with Crippen molar-refractivity contribution in [3.63, 3.8) is 0 Å². The van der Waals surface area contributed by atoms with E-state index >= 15 is 0 Å². The van der Waals surface area contributed by atoms with Gasteiger partial charge in [0, 0.05) is 0 Å². The second-order valence-electron chi connectivity index (χ2n) is 5.77. The topological polar surface area (TPSA) is 109 Å². The Kier molecular flexibility index (Phi) is 3.47. The highest BCUT2D eigenvalue weighted by Crippen LogP contribution is 2.15. The summed E-state index contributed by atoms with van der Waals surface area (Å²) in [7, 11) is 0. The van der Waals surface area contributed by atoms with Crippen molar-refractivity contribution in [3.05, 3.63) is 30.2 Å². The zero-order chi connectivity index (χ0) is 16.6. The van der Waals surface area contributed by atoms with Crippen molar-refractivity contribution in [1.29, 1.82) is 0 Å². The number of fused-ring (bicyclic) bond motifs is 1. The third-order valence-electron chi connectivity index (χ3n) is 3.59. The van der Waals surface area contributed by atoms with Crippen molar-refractivity contribution < 1.29 is 14.4 Å². The second kappa shape index (κ2) is 5.34. The summed E-state index contributed by atoms with van der Waals surface area (Å²) in [5.74, 6) is -0.848. The van der Waals surface area contributed by atoms with Crippen molar-refractivity contribution in [2.75, 3.05) is 6.54 Å². The van der Waals surface area contributed by atoms with Gasteiger partial charge in [-0.05, 0) is 26.0 Å². The normalized spacial score (nSPS) is 16.7. The van der Waals surface area contributed by atoms with Crippen LogP contribution in [0.2, 0.25) is 0 Å². The molecular formula is C14H16N6O3. The highest BCUT2D eigenvalue weighted by atomic mass is 16.2. The van der Waals surface area contributed by atoms with Crippen LogP contribution in [0, 0.1) is 0 Å². The fraction of sp³-hybridized carbons (Fsp3) is 0.357. The largest absolute Gasteiger partial charge is 0.349 e. The number of aromatic nitrogens is 3. The minimum Gasteiger partial charge on any atom is -0.349 e. The van der Waals surface area contributed by atoms with Crippen LogP contribution < -0.4 is 10.6 Å². The second-order valence-corrected chi connectivity index (χ2v) is 5.77. The SMILES string of the molecule is CC1(C)NC(=O)N(CC(=O)NCc2cccc3ncnn23)C1=O. The van der Waals surface area contributed by atoms with E-state index in [1.807, 2.05) is 6.07 Å². The number of nitrogens with one attached hydrogen (secondary N) is 2. The lowest BCUT2D eigenvalue weighted by molar-refractivity contribution is -0.134. The van der Waals surface area contributed by atoms with Crippen LogP contribution in [0.5, 0.6) is 0 Å². The number of hydrogen-bond acceptors (Lipinski definition) is 5. The fourth-order valence-corrected chi connectivity index (χ4v) is 2.39. The summed E-state index contributed by atoms with van der Waals surface area (Å²) in [5, 5.41) is 9.27. The fourth-order valence-electron chi connectivity index (χ4n) is 2.39. The molecule has 0 aliphatic carbocycles. The zero-order valence-electron chi connectivity index (χ0n) is 12.7.